The molecule has 0 aromatic carbocycles. The monoisotopic (exact) mass is 252 g/mol. The van der Waals surface area contributed by atoms with Crippen LogP contribution in [-0.4, -0.2) is 42.1 Å². The van der Waals surface area contributed by atoms with E-state index in [0.29, 0.717) is 0 Å². The summed E-state index contributed by atoms with van der Waals surface area (Å²) in [5.41, 5.74) is -4.46. The van der Waals surface area contributed by atoms with Gasteiger partial charge in [-0.25, -0.2) is 24.4 Å². The minimum atomic E-state index is -1.65. The van der Waals surface area contributed by atoms with E-state index in [1.165, 1.54) is 0 Å². The molecule has 0 bridgehead atoms. The number of aromatic nitrogens is 4. The zero-order valence-corrected chi connectivity index (χ0v) is 8.42. The van der Waals surface area contributed by atoms with Crippen molar-refractivity contribution in [1.82, 2.24) is 19.9 Å². The van der Waals surface area contributed by atoms with E-state index in [0.717, 1.165) is 0 Å². The molecule has 2 aromatic heterocycles. The molecule has 0 radical (unpaired) electrons. The third kappa shape index (κ3) is 1.71. The van der Waals surface area contributed by atoms with Crippen molar-refractivity contribution in [2.45, 2.75) is 0 Å². The van der Waals surface area contributed by atoms with E-state index >= 15 is 0 Å². The zero-order chi connectivity index (χ0) is 13.4. The van der Waals surface area contributed by atoms with Gasteiger partial charge in [-0.1, -0.05) is 0 Å². The van der Waals surface area contributed by atoms with Crippen LogP contribution in [0.3, 0.4) is 0 Å². The molecule has 0 saturated heterocycles. The molecule has 0 spiro atoms. The molecule has 92 valence electrons. The predicted molar refractivity (Wildman–Crippen MR) is 54.7 cm³/mol. The van der Waals surface area contributed by atoms with Gasteiger partial charge in [0.05, 0.1) is 0 Å². The molecule has 0 unspecified atom stereocenters. The van der Waals surface area contributed by atoms with Crippen LogP contribution < -0.4 is 11.2 Å². The smallest absolute Gasteiger partial charge is 0.357 e. The quantitative estimate of drug-likeness (QED) is 0.495. The third-order valence-corrected chi connectivity index (χ3v) is 1.98. The fraction of sp³-hybridized carbons (Fsp3) is 0. The number of hydrogen-bond donors (Lipinski definition) is 4. The summed E-state index contributed by atoms with van der Waals surface area (Å²) in [7, 11) is 0. The lowest BCUT2D eigenvalue weighted by Gasteiger charge is -2.01. The van der Waals surface area contributed by atoms with E-state index in [2.05, 4.69) is 15.0 Å². The standard InChI is InChI=1S/C8H4N4O6/c13-5-3-4(11-8(18)12-5)10-2(7(16)17)1(9-3)6(14)15/h(H,14,15)(H,16,17)(H2,10,11,12,13,18). The Hall–Kier alpha value is -3.04. The normalized spacial score (nSPS) is 10.4. The topological polar surface area (TPSA) is 166 Å². The van der Waals surface area contributed by atoms with Crippen molar-refractivity contribution in [3.05, 3.63) is 32.2 Å². The van der Waals surface area contributed by atoms with Gasteiger partial charge in [0.2, 0.25) is 0 Å². The molecule has 0 aliphatic rings. The Kier molecular flexibility index (Phi) is 2.39. The number of nitrogens with one attached hydrogen (secondary N) is 2. The summed E-state index contributed by atoms with van der Waals surface area (Å²) in [4.78, 5) is 54.5. The van der Waals surface area contributed by atoms with Crippen LogP contribution in [0, 0.1) is 0 Å². The lowest BCUT2D eigenvalue weighted by atomic mass is 10.3. The average Bonchev–Trinajstić information content (AvgIpc) is 2.26. The van der Waals surface area contributed by atoms with Crippen molar-refractivity contribution in [3.63, 3.8) is 0 Å². The van der Waals surface area contributed by atoms with Crippen molar-refractivity contribution >= 4 is 23.1 Å². The van der Waals surface area contributed by atoms with Gasteiger partial charge in [-0.05, 0) is 0 Å². The molecule has 0 aliphatic carbocycles. The van der Waals surface area contributed by atoms with Crippen LogP contribution in [-0.2, 0) is 0 Å². The number of carboxylic acids is 2. The fourth-order valence-corrected chi connectivity index (χ4v) is 1.28. The van der Waals surface area contributed by atoms with E-state index in [9.17, 15) is 19.2 Å². The van der Waals surface area contributed by atoms with Crippen molar-refractivity contribution in [2.24, 2.45) is 0 Å². The van der Waals surface area contributed by atoms with Crippen LogP contribution >= 0.6 is 0 Å². The Balaban J connectivity index is 2.98. The number of carboxylic acid groups (broad SMARTS) is 2. The Bertz CT molecular complexity index is 788. The van der Waals surface area contributed by atoms with Gasteiger partial charge in [-0.15, -0.1) is 0 Å². The van der Waals surface area contributed by atoms with Crippen LogP contribution in [0.15, 0.2) is 9.59 Å². The Morgan fingerprint density at radius 2 is 1.50 bits per heavy atom. The Labute approximate surface area is 96.0 Å². The summed E-state index contributed by atoms with van der Waals surface area (Å²) in [6.07, 6.45) is 0. The van der Waals surface area contributed by atoms with Gasteiger partial charge in [0.15, 0.2) is 22.6 Å². The highest BCUT2D eigenvalue weighted by molar-refractivity contribution is 6.00. The molecule has 0 aliphatic heterocycles. The number of aromatic amines is 2. The van der Waals surface area contributed by atoms with Crippen LogP contribution in [0.5, 0.6) is 0 Å². The molecule has 10 nitrogen and oxygen atoms in total. The van der Waals surface area contributed by atoms with Gasteiger partial charge in [0.25, 0.3) is 5.56 Å². The first-order valence-corrected chi connectivity index (χ1v) is 4.41. The summed E-state index contributed by atoms with van der Waals surface area (Å²) >= 11 is 0. The number of H-pyrrole nitrogens is 2. The van der Waals surface area contributed by atoms with E-state index in [-0.39, 0.29) is 0 Å². The lowest BCUT2D eigenvalue weighted by molar-refractivity contribution is 0.0642. The SMILES string of the molecule is O=C(O)c1nc2[nH]c(=O)[nH]c(=O)c2nc1C(=O)O. The van der Waals surface area contributed by atoms with Crippen molar-refractivity contribution in [2.75, 3.05) is 0 Å². The van der Waals surface area contributed by atoms with E-state index in [1.807, 2.05) is 4.98 Å². The zero-order valence-electron chi connectivity index (χ0n) is 8.42. The Morgan fingerprint density at radius 1 is 0.944 bits per heavy atom. The van der Waals surface area contributed by atoms with E-state index in [1.54, 1.807) is 0 Å². The van der Waals surface area contributed by atoms with Crippen LogP contribution in [0.4, 0.5) is 0 Å². The van der Waals surface area contributed by atoms with Crippen LogP contribution in [0.2, 0.25) is 0 Å². The summed E-state index contributed by atoms with van der Waals surface area (Å²) in [5, 5.41) is 17.5. The first-order chi connectivity index (χ1) is 8.40. The van der Waals surface area contributed by atoms with Gasteiger partial charge in [0, 0.05) is 0 Å². The lowest BCUT2D eigenvalue weighted by Crippen LogP contribution is -2.25. The molecule has 2 aromatic rings. The molecule has 2 rings (SSSR count). The van der Waals surface area contributed by atoms with Crippen LogP contribution in [0.25, 0.3) is 11.2 Å². The van der Waals surface area contributed by atoms with Gasteiger partial charge in [-0.3, -0.25) is 14.8 Å². The number of aromatic carboxylic acids is 2. The van der Waals surface area contributed by atoms with Crippen molar-refractivity contribution < 1.29 is 19.8 Å². The molecule has 2 heterocycles. The van der Waals surface area contributed by atoms with Gasteiger partial charge >= 0.3 is 17.6 Å². The minimum absolute atomic E-state index is 0.397. The fourth-order valence-electron chi connectivity index (χ4n) is 1.28. The summed E-state index contributed by atoms with van der Waals surface area (Å²) in [6.45, 7) is 0. The predicted octanol–water partition coefficient (Wildman–Crippen LogP) is -1.60. The highest BCUT2D eigenvalue weighted by Crippen LogP contribution is 2.07. The van der Waals surface area contributed by atoms with E-state index < -0.39 is 45.7 Å². The minimum Gasteiger partial charge on any atom is -0.476 e. The molecule has 0 atom stereocenters. The largest absolute Gasteiger partial charge is 0.476 e. The first kappa shape index (κ1) is 11.4. The Morgan fingerprint density at radius 3 is 2.06 bits per heavy atom. The number of fused-ring (bicyclic) bond motifs is 1. The first-order valence-electron chi connectivity index (χ1n) is 4.41. The van der Waals surface area contributed by atoms with Crippen molar-refractivity contribution in [1.29, 1.82) is 0 Å². The van der Waals surface area contributed by atoms with Crippen molar-refractivity contribution in [3.8, 4) is 0 Å². The third-order valence-electron chi connectivity index (χ3n) is 1.98. The summed E-state index contributed by atoms with van der Waals surface area (Å²) in [5.74, 6) is -3.28. The molecule has 10 heteroatoms. The molecular weight excluding hydrogens is 248 g/mol. The van der Waals surface area contributed by atoms with Crippen LogP contribution in [0.1, 0.15) is 21.0 Å². The number of hydrogen-bond acceptors (Lipinski definition) is 6. The molecule has 0 amide bonds. The second-order valence-electron chi connectivity index (χ2n) is 3.14. The summed E-state index contributed by atoms with van der Waals surface area (Å²) < 4.78 is 0. The average molecular weight is 252 g/mol. The van der Waals surface area contributed by atoms with Gasteiger partial charge in [-0.2, -0.15) is 0 Å². The molecule has 18 heavy (non-hydrogen) atoms. The molecule has 0 saturated carbocycles. The van der Waals surface area contributed by atoms with Gasteiger partial charge < -0.3 is 10.2 Å². The highest BCUT2D eigenvalue weighted by atomic mass is 16.4. The molecule has 4 N–H and O–H groups in total. The van der Waals surface area contributed by atoms with Gasteiger partial charge in [0.1, 0.15) is 0 Å². The molecular formula is C8H4N4O6. The second kappa shape index (κ2) is 3.76. The maximum Gasteiger partial charge on any atom is 0.357 e. The highest BCUT2D eigenvalue weighted by Gasteiger charge is 2.22. The second-order valence-corrected chi connectivity index (χ2v) is 3.14. The number of rotatable bonds is 2. The molecule has 0 fully saturated rings. The number of carbonyl (C=O) groups is 2. The number of nitrogens with zero attached hydrogens (tertiary/aromatic N) is 2. The van der Waals surface area contributed by atoms with E-state index in [4.69, 9.17) is 10.2 Å². The summed E-state index contributed by atoms with van der Waals surface area (Å²) in [6, 6.07) is 0. The maximum atomic E-state index is 11.3. The maximum absolute atomic E-state index is 11.3.